The topological polar surface area (TPSA) is 59.3 Å². The van der Waals surface area contributed by atoms with E-state index < -0.39 is 11.5 Å². The molecule has 1 heterocycles. The first-order valence-corrected chi connectivity index (χ1v) is 5.63. The molecule has 0 saturated carbocycles. The number of halogens is 1. The third-order valence-electron chi connectivity index (χ3n) is 2.49. The molecule has 0 aliphatic rings. The van der Waals surface area contributed by atoms with Gasteiger partial charge in [0.05, 0.1) is 12.1 Å². The van der Waals surface area contributed by atoms with E-state index in [4.69, 9.17) is 16.7 Å². The number of carboxylic acid groups (broad SMARTS) is 1. The van der Waals surface area contributed by atoms with Crippen molar-refractivity contribution in [2.24, 2.45) is 0 Å². The monoisotopic (exact) mass is 263 g/mol. The fourth-order valence-corrected chi connectivity index (χ4v) is 1.84. The molecule has 0 fully saturated rings. The van der Waals surface area contributed by atoms with Crippen molar-refractivity contribution in [3.8, 4) is 0 Å². The number of aromatic carboxylic acids is 1. The van der Waals surface area contributed by atoms with E-state index in [1.165, 1.54) is 10.8 Å². The van der Waals surface area contributed by atoms with Crippen molar-refractivity contribution in [1.29, 1.82) is 0 Å². The molecule has 0 spiro atoms. The Labute approximate surface area is 108 Å². The van der Waals surface area contributed by atoms with E-state index in [1.807, 2.05) is 30.3 Å². The molecule has 2 aromatic rings. The summed E-state index contributed by atoms with van der Waals surface area (Å²) in [6.07, 6.45) is 1.30. The first-order valence-electron chi connectivity index (χ1n) is 5.25. The second-order valence-electron chi connectivity index (χ2n) is 3.80. The summed E-state index contributed by atoms with van der Waals surface area (Å²) < 4.78 is 1.29. The van der Waals surface area contributed by atoms with Crippen LogP contribution in [-0.4, -0.2) is 15.6 Å². The predicted octanol–water partition coefficient (Wildman–Crippen LogP) is 2.25. The third-order valence-corrected chi connectivity index (χ3v) is 2.76. The van der Waals surface area contributed by atoms with Crippen molar-refractivity contribution in [3.63, 3.8) is 0 Å². The van der Waals surface area contributed by atoms with Gasteiger partial charge in [-0.15, -0.1) is 0 Å². The zero-order chi connectivity index (χ0) is 13.1. The number of hydrogen-bond acceptors (Lipinski definition) is 2. The van der Waals surface area contributed by atoms with Crippen molar-refractivity contribution in [2.45, 2.75) is 6.54 Å². The van der Waals surface area contributed by atoms with E-state index in [0.717, 1.165) is 11.6 Å². The van der Waals surface area contributed by atoms with Crippen LogP contribution in [0.3, 0.4) is 0 Å². The number of nitrogens with zero attached hydrogens (tertiary/aromatic N) is 1. The molecule has 0 unspecified atom stereocenters. The molecule has 18 heavy (non-hydrogen) atoms. The van der Waals surface area contributed by atoms with E-state index in [-0.39, 0.29) is 10.6 Å². The summed E-state index contributed by atoms with van der Waals surface area (Å²) >= 11 is 5.73. The fraction of sp³-hybridized carbons (Fsp3) is 0.0769. The van der Waals surface area contributed by atoms with Gasteiger partial charge in [-0.2, -0.15) is 0 Å². The van der Waals surface area contributed by atoms with Gasteiger partial charge in [0, 0.05) is 6.20 Å². The van der Waals surface area contributed by atoms with Gasteiger partial charge in [-0.3, -0.25) is 4.79 Å². The molecule has 0 aliphatic carbocycles. The Morgan fingerprint density at radius 1 is 1.28 bits per heavy atom. The Kier molecular flexibility index (Phi) is 3.48. The SMILES string of the molecule is O=C(O)c1cc(Cl)c(=O)n(Cc2ccccc2)c1. The lowest BCUT2D eigenvalue weighted by Crippen LogP contribution is -2.22. The molecular weight excluding hydrogens is 254 g/mol. The first-order chi connectivity index (χ1) is 8.58. The lowest BCUT2D eigenvalue weighted by Gasteiger charge is -2.07. The fourth-order valence-electron chi connectivity index (χ4n) is 1.61. The predicted molar refractivity (Wildman–Crippen MR) is 68.2 cm³/mol. The number of aromatic nitrogens is 1. The number of carbonyl (C=O) groups is 1. The average molecular weight is 264 g/mol. The Morgan fingerprint density at radius 3 is 2.56 bits per heavy atom. The van der Waals surface area contributed by atoms with E-state index in [0.29, 0.717) is 6.54 Å². The van der Waals surface area contributed by atoms with Gasteiger partial charge in [-0.05, 0) is 11.6 Å². The van der Waals surface area contributed by atoms with Gasteiger partial charge >= 0.3 is 5.97 Å². The molecule has 0 radical (unpaired) electrons. The summed E-state index contributed by atoms with van der Waals surface area (Å²) in [7, 11) is 0. The van der Waals surface area contributed by atoms with E-state index in [9.17, 15) is 9.59 Å². The Balaban J connectivity index is 2.44. The van der Waals surface area contributed by atoms with Crippen LogP contribution in [-0.2, 0) is 6.54 Å². The standard InChI is InChI=1S/C13H10ClNO3/c14-11-6-10(13(17)18)8-15(12(11)16)7-9-4-2-1-3-5-9/h1-6,8H,7H2,(H,17,18). The Bertz CT molecular complexity index is 634. The zero-order valence-corrected chi connectivity index (χ0v) is 10.1. The highest BCUT2D eigenvalue weighted by Crippen LogP contribution is 2.08. The van der Waals surface area contributed by atoms with Gasteiger partial charge in [0.1, 0.15) is 5.02 Å². The van der Waals surface area contributed by atoms with Crippen molar-refractivity contribution < 1.29 is 9.90 Å². The van der Waals surface area contributed by atoms with Crippen LogP contribution in [0.4, 0.5) is 0 Å². The van der Waals surface area contributed by atoms with Gasteiger partial charge in [-0.25, -0.2) is 4.79 Å². The lowest BCUT2D eigenvalue weighted by molar-refractivity contribution is 0.0696. The quantitative estimate of drug-likeness (QED) is 0.924. The van der Waals surface area contributed by atoms with Gasteiger partial charge in [-0.1, -0.05) is 41.9 Å². The smallest absolute Gasteiger partial charge is 0.337 e. The molecule has 1 aromatic heterocycles. The lowest BCUT2D eigenvalue weighted by atomic mass is 10.2. The van der Waals surface area contributed by atoms with Crippen molar-refractivity contribution in [1.82, 2.24) is 4.57 Å². The molecule has 4 nitrogen and oxygen atoms in total. The van der Waals surface area contributed by atoms with Crippen LogP contribution in [0.25, 0.3) is 0 Å². The third kappa shape index (κ3) is 2.60. The maximum Gasteiger partial charge on any atom is 0.337 e. The minimum absolute atomic E-state index is 0.00414. The second kappa shape index (κ2) is 5.06. The highest BCUT2D eigenvalue weighted by atomic mass is 35.5. The van der Waals surface area contributed by atoms with Crippen LogP contribution >= 0.6 is 11.6 Å². The summed E-state index contributed by atoms with van der Waals surface area (Å²) in [6, 6.07) is 10.4. The average Bonchev–Trinajstić information content (AvgIpc) is 2.35. The largest absolute Gasteiger partial charge is 0.478 e. The highest BCUT2D eigenvalue weighted by Gasteiger charge is 2.10. The van der Waals surface area contributed by atoms with Crippen molar-refractivity contribution in [3.05, 3.63) is 69.1 Å². The Hall–Kier alpha value is -2.07. The van der Waals surface area contributed by atoms with E-state index in [2.05, 4.69) is 0 Å². The molecule has 0 bridgehead atoms. The molecular formula is C13H10ClNO3. The summed E-state index contributed by atoms with van der Waals surface area (Å²) in [5.41, 5.74) is 0.499. The van der Waals surface area contributed by atoms with Crippen LogP contribution in [0.1, 0.15) is 15.9 Å². The molecule has 1 N–H and O–H groups in total. The number of hydrogen-bond donors (Lipinski definition) is 1. The molecule has 0 amide bonds. The molecule has 1 aromatic carbocycles. The van der Waals surface area contributed by atoms with Crippen LogP contribution < -0.4 is 5.56 Å². The van der Waals surface area contributed by atoms with Gasteiger partial charge in [0.15, 0.2) is 0 Å². The van der Waals surface area contributed by atoms with Gasteiger partial charge in [0.25, 0.3) is 5.56 Å². The zero-order valence-electron chi connectivity index (χ0n) is 9.34. The Morgan fingerprint density at radius 2 is 1.94 bits per heavy atom. The molecule has 92 valence electrons. The van der Waals surface area contributed by atoms with Crippen LogP contribution in [0.5, 0.6) is 0 Å². The first kappa shape index (κ1) is 12.4. The van der Waals surface area contributed by atoms with E-state index >= 15 is 0 Å². The summed E-state index contributed by atoms with van der Waals surface area (Å²) in [4.78, 5) is 22.7. The van der Waals surface area contributed by atoms with Crippen LogP contribution in [0, 0.1) is 0 Å². The summed E-state index contributed by atoms with van der Waals surface area (Å²) in [6.45, 7) is 0.292. The van der Waals surface area contributed by atoms with Crippen molar-refractivity contribution >= 4 is 17.6 Å². The summed E-state index contributed by atoms with van der Waals surface area (Å²) in [5, 5.41) is 8.82. The minimum Gasteiger partial charge on any atom is -0.478 e. The molecule has 0 aliphatic heterocycles. The normalized spacial score (nSPS) is 10.3. The van der Waals surface area contributed by atoms with Gasteiger partial charge in [0.2, 0.25) is 0 Å². The number of carboxylic acids is 1. The maximum absolute atomic E-state index is 11.8. The van der Waals surface area contributed by atoms with Gasteiger partial charge < -0.3 is 9.67 Å². The van der Waals surface area contributed by atoms with Crippen molar-refractivity contribution in [2.75, 3.05) is 0 Å². The van der Waals surface area contributed by atoms with Crippen LogP contribution in [0.2, 0.25) is 5.02 Å². The number of rotatable bonds is 3. The minimum atomic E-state index is -1.11. The second-order valence-corrected chi connectivity index (χ2v) is 4.21. The molecule has 0 atom stereocenters. The molecule has 0 saturated heterocycles. The summed E-state index contributed by atoms with van der Waals surface area (Å²) in [5.74, 6) is -1.11. The number of benzene rings is 1. The molecule has 5 heteroatoms. The van der Waals surface area contributed by atoms with E-state index in [1.54, 1.807) is 0 Å². The van der Waals surface area contributed by atoms with Crippen LogP contribution in [0.15, 0.2) is 47.4 Å². The molecule has 2 rings (SSSR count). The maximum atomic E-state index is 11.8. The highest BCUT2D eigenvalue weighted by molar-refractivity contribution is 6.30. The number of pyridine rings is 1.